The summed E-state index contributed by atoms with van der Waals surface area (Å²) in [6.07, 6.45) is 0. The summed E-state index contributed by atoms with van der Waals surface area (Å²) in [6, 6.07) is 6.74. The van der Waals surface area contributed by atoms with Crippen molar-refractivity contribution < 1.29 is 14.3 Å². The fourth-order valence-electron chi connectivity index (χ4n) is 1.22. The molecule has 0 saturated heterocycles. The summed E-state index contributed by atoms with van der Waals surface area (Å²) >= 11 is 0. The lowest BCUT2D eigenvalue weighted by Gasteiger charge is -2.04. The minimum Gasteiger partial charge on any atom is -0.374 e. The average Bonchev–Trinajstić information content (AvgIpc) is 2.26. The molecule has 1 aromatic carbocycles. The number of carbonyl (C=O) groups is 2. The molecule has 0 saturated carbocycles. The third-order valence-electron chi connectivity index (χ3n) is 1.96. The summed E-state index contributed by atoms with van der Waals surface area (Å²) in [6.45, 7) is 3.90. The van der Waals surface area contributed by atoms with E-state index in [0.29, 0.717) is 17.9 Å². The van der Waals surface area contributed by atoms with Gasteiger partial charge in [-0.2, -0.15) is 0 Å². The fourth-order valence-corrected chi connectivity index (χ4v) is 1.22. The number of amides is 1. The number of rotatable bonds is 5. The van der Waals surface area contributed by atoms with Crippen LogP contribution in [-0.2, 0) is 9.53 Å². The Kier molecular flexibility index (Phi) is 4.66. The molecule has 0 spiro atoms. The highest BCUT2D eigenvalue weighted by atomic mass is 16.5. The van der Waals surface area contributed by atoms with Gasteiger partial charge in [0.05, 0.1) is 0 Å². The monoisotopic (exact) mass is 221 g/mol. The minimum absolute atomic E-state index is 0.0591. The highest BCUT2D eigenvalue weighted by molar-refractivity contribution is 5.97. The molecule has 0 fully saturated rings. The van der Waals surface area contributed by atoms with Crippen molar-refractivity contribution in [3.8, 4) is 0 Å². The maximum atomic E-state index is 11.5. The molecule has 0 heterocycles. The van der Waals surface area contributed by atoms with Crippen LogP contribution in [0.2, 0.25) is 0 Å². The lowest BCUT2D eigenvalue weighted by Crippen LogP contribution is -2.09. The van der Waals surface area contributed by atoms with E-state index in [2.05, 4.69) is 5.32 Å². The van der Waals surface area contributed by atoms with E-state index in [9.17, 15) is 9.59 Å². The molecule has 4 nitrogen and oxygen atoms in total. The van der Waals surface area contributed by atoms with Crippen LogP contribution in [0.25, 0.3) is 0 Å². The van der Waals surface area contributed by atoms with Crippen molar-refractivity contribution in [2.24, 2.45) is 0 Å². The van der Waals surface area contributed by atoms with Gasteiger partial charge < -0.3 is 10.1 Å². The molecular weight excluding hydrogens is 206 g/mol. The van der Waals surface area contributed by atoms with E-state index in [-0.39, 0.29) is 18.3 Å². The molecule has 0 aromatic heterocycles. The van der Waals surface area contributed by atoms with E-state index in [1.54, 1.807) is 24.3 Å². The highest BCUT2D eigenvalue weighted by Crippen LogP contribution is 2.10. The first-order valence-electron chi connectivity index (χ1n) is 5.12. The number of ketones is 1. The minimum atomic E-state index is -0.131. The SMILES string of the molecule is CCOCC(=O)c1ccc(NC(C)=O)cc1. The van der Waals surface area contributed by atoms with Gasteiger partial charge in [0, 0.05) is 24.8 Å². The van der Waals surface area contributed by atoms with Crippen LogP contribution < -0.4 is 5.32 Å². The van der Waals surface area contributed by atoms with Gasteiger partial charge in [-0.3, -0.25) is 9.59 Å². The molecule has 1 rings (SSSR count). The standard InChI is InChI=1S/C12H15NO3/c1-3-16-8-12(15)10-4-6-11(7-5-10)13-9(2)14/h4-7H,3,8H2,1-2H3,(H,13,14). The van der Waals surface area contributed by atoms with Gasteiger partial charge in [0.25, 0.3) is 0 Å². The number of benzene rings is 1. The van der Waals surface area contributed by atoms with Gasteiger partial charge in [-0.15, -0.1) is 0 Å². The lowest BCUT2D eigenvalue weighted by molar-refractivity contribution is -0.114. The van der Waals surface area contributed by atoms with Crippen LogP contribution in [0.15, 0.2) is 24.3 Å². The van der Waals surface area contributed by atoms with Gasteiger partial charge in [-0.25, -0.2) is 0 Å². The first kappa shape index (κ1) is 12.4. The summed E-state index contributed by atoms with van der Waals surface area (Å²) in [7, 11) is 0. The van der Waals surface area contributed by atoms with Crippen LogP contribution >= 0.6 is 0 Å². The van der Waals surface area contributed by atoms with Crippen LogP contribution in [0.1, 0.15) is 24.2 Å². The molecule has 0 atom stereocenters. The molecule has 0 unspecified atom stereocenters. The van der Waals surface area contributed by atoms with E-state index in [0.717, 1.165) is 0 Å². The Hall–Kier alpha value is -1.68. The Morgan fingerprint density at radius 2 is 1.88 bits per heavy atom. The van der Waals surface area contributed by atoms with E-state index < -0.39 is 0 Å². The van der Waals surface area contributed by atoms with E-state index >= 15 is 0 Å². The van der Waals surface area contributed by atoms with Crippen molar-refractivity contribution in [2.75, 3.05) is 18.5 Å². The number of carbonyl (C=O) groups excluding carboxylic acids is 2. The van der Waals surface area contributed by atoms with Crippen LogP contribution in [-0.4, -0.2) is 24.9 Å². The maximum absolute atomic E-state index is 11.5. The van der Waals surface area contributed by atoms with Crippen LogP contribution in [0, 0.1) is 0 Å². The van der Waals surface area contributed by atoms with Gasteiger partial charge in [-0.1, -0.05) is 0 Å². The first-order chi connectivity index (χ1) is 7.63. The molecule has 0 aliphatic rings. The molecular formula is C12H15NO3. The van der Waals surface area contributed by atoms with Gasteiger partial charge in [0.1, 0.15) is 6.61 Å². The van der Waals surface area contributed by atoms with Crippen LogP contribution in [0.5, 0.6) is 0 Å². The topological polar surface area (TPSA) is 55.4 Å². The molecule has 16 heavy (non-hydrogen) atoms. The molecule has 0 bridgehead atoms. The van der Waals surface area contributed by atoms with E-state index in [4.69, 9.17) is 4.74 Å². The fraction of sp³-hybridized carbons (Fsp3) is 0.333. The quantitative estimate of drug-likeness (QED) is 0.772. The highest BCUT2D eigenvalue weighted by Gasteiger charge is 2.05. The lowest BCUT2D eigenvalue weighted by atomic mass is 10.1. The summed E-state index contributed by atoms with van der Waals surface area (Å²) in [5.74, 6) is -0.190. The van der Waals surface area contributed by atoms with Gasteiger partial charge in [0.2, 0.25) is 5.91 Å². The van der Waals surface area contributed by atoms with E-state index in [1.807, 2.05) is 6.92 Å². The first-order valence-corrected chi connectivity index (χ1v) is 5.12. The number of anilines is 1. The number of Topliss-reactive ketones (excluding diaryl/α,β-unsaturated/α-hetero) is 1. The Bertz CT molecular complexity index is 370. The summed E-state index contributed by atoms with van der Waals surface area (Å²) < 4.78 is 5.03. The maximum Gasteiger partial charge on any atom is 0.221 e. The Morgan fingerprint density at radius 1 is 1.25 bits per heavy atom. The van der Waals surface area contributed by atoms with Crippen molar-refractivity contribution >= 4 is 17.4 Å². The van der Waals surface area contributed by atoms with E-state index in [1.165, 1.54) is 6.92 Å². The summed E-state index contributed by atoms with van der Waals surface area (Å²) in [5.41, 5.74) is 1.27. The second-order valence-corrected chi connectivity index (χ2v) is 3.32. The molecule has 4 heteroatoms. The summed E-state index contributed by atoms with van der Waals surface area (Å²) in [5, 5.41) is 2.63. The molecule has 0 aliphatic carbocycles. The average molecular weight is 221 g/mol. The Balaban J connectivity index is 2.63. The predicted octanol–water partition coefficient (Wildman–Crippen LogP) is 1.86. The molecule has 86 valence electrons. The third-order valence-corrected chi connectivity index (χ3v) is 1.96. The van der Waals surface area contributed by atoms with Crippen molar-refractivity contribution in [1.29, 1.82) is 0 Å². The zero-order valence-electron chi connectivity index (χ0n) is 9.45. The molecule has 1 aromatic rings. The van der Waals surface area contributed by atoms with Gasteiger partial charge in [-0.05, 0) is 31.2 Å². The van der Waals surface area contributed by atoms with Gasteiger partial charge >= 0.3 is 0 Å². The number of nitrogens with one attached hydrogen (secondary N) is 1. The molecule has 0 aliphatic heterocycles. The summed E-state index contributed by atoms with van der Waals surface area (Å²) in [4.78, 5) is 22.3. The number of hydrogen-bond donors (Lipinski definition) is 1. The third kappa shape index (κ3) is 3.82. The van der Waals surface area contributed by atoms with Crippen LogP contribution in [0.4, 0.5) is 5.69 Å². The smallest absolute Gasteiger partial charge is 0.221 e. The molecule has 1 N–H and O–H groups in total. The molecule has 1 amide bonds. The zero-order chi connectivity index (χ0) is 12.0. The predicted molar refractivity (Wildman–Crippen MR) is 61.6 cm³/mol. The Labute approximate surface area is 94.6 Å². The largest absolute Gasteiger partial charge is 0.374 e. The number of hydrogen-bond acceptors (Lipinski definition) is 3. The normalized spacial score (nSPS) is 9.88. The second-order valence-electron chi connectivity index (χ2n) is 3.32. The van der Waals surface area contributed by atoms with Crippen LogP contribution in [0.3, 0.4) is 0 Å². The van der Waals surface area contributed by atoms with Crippen molar-refractivity contribution in [2.45, 2.75) is 13.8 Å². The van der Waals surface area contributed by atoms with Crippen molar-refractivity contribution in [3.05, 3.63) is 29.8 Å². The Morgan fingerprint density at radius 3 is 2.38 bits per heavy atom. The van der Waals surface area contributed by atoms with Crippen molar-refractivity contribution in [3.63, 3.8) is 0 Å². The van der Waals surface area contributed by atoms with Gasteiger partial charge in [0.15, 0.2) is 5.78 Å². The number of ether oxygens (including phenoxy) is 1. The molecule has 0 radical (unpaired) electrons. The second kappa shape index (κ2) is 6.02. The zero-order valence-corrected chi connectivity index (χ0v) is 9.45. The van der Waals surface area contributed by atoms with Crippen molar-refractivity contribution in [1.82, 2.24) is 0 Å².